The van der Waals surface area contributed by atoms with Crippen LogP contribution in [0.15, 0.2) is 37.2 Å². The number of carbonyl (C=O) groups is 1. The highest BCUT2D eigenvalue weighted by molar-refractivity contribution is 6.32. The second kappa shape index (κ2) is 10.5. The molecule has 0 bridgehead atoms. The monoisotopic (exact) mass is 507 g/mol. The molecule has 1 amide bonds. The minimum atomic E-state index is -0.0646. The third-order valence-corrected chi connectivity index (χ3v) is 6.63. The van der Waals surface area contributed by atoms with Crippen molar-refractivity contribution in [2.75, 3.05) is 45.3 Å². The van der Waals surface area contributed by atoms with E-state index in [1.807, 2.05) is 19.1 Å². The number of methoxy groups -OCH3 is 1. The Morgan fingerprint density at radius 1 is 1.22 bits per heavy atom. The molecule has 0 atom stereocenters. The van der Waals surface area contributed by atoms with E-state index in [0.29, 0.717) is 72.6 Å². The Hall–Kier alpha value is -3.76. The van der Waals surface area contributed by atoms with Crippen LogP contribution in [-0.4, -0.2) is 75.7 Å². The molecule has 11 heteroatoms. The fourth-order valence-electron chi connectivity index (χ4n) is 4.40. The first-order valence-corrected chi connectivity index (χ1v) is 12.0. The summed E-state index contributed by atoms with van der Waals surface area (Å²) in [5.41, 5.74) is 5.25. The number of benzene rings is 1. The number of aromatic nitrogens is 5. The van der Waals surface area contributed by atoms with E-state index in [1.54, 1.807) is 30.7 Å². The van der Waals surface area contributed by atoms with Crippen LogP contribution in [0.25, 0.3) is 22.3 Å². The Balaban J connectivity index is 1.43. The summed E-state index contributed by atoms with van der Waals surface area (Å²) in [5, 5.41) is 3.94. The quantitative estimate of drug-likeness (QED) is 0.390. The Morgan fingerprint density at radius 2 is 2.06 bits per heavy atom. The van der Waals surface area contributed by atoms with Gasteiger partial charge in [-0.15, -0.1) is 0 Å². The number of anilines is 1. The summed E-state index contributed by atoms with van der Waals surface area (Å²) < 4.78 is 11.2. The summed E-state index contributed by atoms with van der Waals surface area (Å²) in [6.07, 6.45) is 7.02. The lowest BCUT2D eigenvalue weighted by Crippen LogP contribution is -2.40. The Morgan fingerprint density at radius 3 is 2.86 bits per heavy atom. The van der Waals surface area contributed by atoms with Crippen molar-refractivity contribution in [3.63, 3.8) is 0 Å². The van der Waals surface area contributed by atoms with Gasteiger partial charge >= 0.3 is 0 Å². The predicted molar refractivity (Wildman–Crippen MR) is 137 cm³/mol. The number of hydrogen-bond donors (Lipinski definition) is 2. The van der Waals surface area contributed by atoms with E-state index in [4.69, 9.17) is 21.1 Å². The number of amides is 1. The van der Waals surface area contributed by atoms with Crippen LogP contribution in [0.4, 0.5) is 5.82 Å². The zero-order valence-corrected chi connectivity index (χ0v) is 20.8. The molecule has 3 aromatic heterocycles. The molecule has 1 fully saturated rings. The predicted octanol–water partition coefficient (Wildman–Crippen LogP) is 3.51. The standard InChI is InChI=1S/C25H26ClN7O3/c1-15-19(26)10-16(3-4-28-23-21-24(30-13-29-21)32-14-31-23)22(35-2)20(15)17-9-18(12-27-11-17)25(34)33-5-7-36-8-6-33/h9-14H,3-8H2,1-2H3,(H2,28,29,30,31,32). The number of morpholine rings is 1. The third kappa shape index (κ3) is 4.69. The van der Waals surface area contributed by atoms with Crippen molar-refractivity contribution in [1.29, 1.82) is 0 Å². The van der Waals surface area contributed by atoms with E-state index in [9.17, 15) is 4.79 Å². The van der Waals surface area contributed by atoms with Gasteiger partial charge < -0.3 is 24.7 Å². The zero-order chi connectivity index (χ0) is 25.1. The summed E-state index contributed by atoms with van der Waals surface area (Å²) in [7, 11) is 1.64. The van der Waals surface area contributed by atoms with Gasteiger partial charge in [-0.25, -0.2) is 15.0 Å². The second-order valence-corrected chi connectivity index (χ2v) is 8.82. The van der Waals surface area contributed by atoms with Crippen molar-refractivity contribution < 1.29 is 14.3 Å². The molecule has 1 aliphatic heterocycles. The molecule has 0 unspecified atom stereocenters. The molecule has 0 radical (unpaired) electrons. The number of H-pyrrole nitrogens is 1. The maximum absolute atomic E-state index is 13.1. The highest BCUT2D eigenvalue weighted by atomic mass is 35.5. The van der Waals surface area contributed by atoms with Crippen molar-refractivity contribution in [3.05, 3.63) is 58.9 Å². The minimum Gasteiger partial charge on any atom is -0.496 e. The Kier molecular flexibility index (Phi) is 6.97. The highest BCUT2D eigenvalue weighted by Crippen LogP contribution is 2.40. The van der Waals surface area contributed by atoms with Crippen molar-refractivity contribution in [1.82, 2.24) is 29.8 Å². The van der Waals surface area contributed by atoms with Crippen LogP contribution in [0.5, 0.6) is 5.75 Å². The van der Waals surface area contributed by atoms with E-state index >= 15 is 0 Å². The minimum absolute atomic E-state index is 0.0646. The number of imidazole rings is 1. The number of pyridine rings is 1. The van der Waals surface area contributed by atoms with Crippen molar-refractivity contribution in [2.24, 2.45) is 0 Å². The van der Waals surface area contributed by atoms with Crippen LogP contribution in [0.1, 0.15) is 21.5 Å². The number of halogens is 1. The normalized spacial score (nSPS) is 13.7. The molecule has 0 aliphatic carbocycles. The fourth-order valence-corrected chi connectivity index (χ4v) is 4.62. The van der Waals surface area contributed by atoms with Crippen LogP contribution in [0.3, 0.4) is 0 Å². The van der Waals surface area contributed by atoms with Gasteiger partial charge in [-0.1, -0.05) is 11.6 Å². The summed E-state index contributed by atoms with van der Waals surface area (Å²) in [4.78, 5) is 34.9. The van der Waals surface area contributed by atoms with Crippen LogP contribution < -0.4 is 10.1 Å². The number of carbonyl (C=O) groups excluding carboxylic acids is 1. The molecule has 0 saturated carbocycles. The number of ether oxygens (including phenoxy) is 2. The van der Waals surface area contributed by atoms with Gasteiger partial charge in [0.05, 0.1) is 32.2 Å². The zero-order valence-electron chi connectivity index (χ0n) is 20.0. The van der Waals surface area contributed by atoms with Crippen LogP contribution in [-0.2, 0) is 11.2 Å². The second-order valence-electron chi connectivity index (χ2n) is 8.42. The Bertz CT molecular complexity index is 1400. The maximum atomic E-state index is 13.1. The molecular weight excluding hydrogens is 482 g/mol. The number of nitrogens with zero attached hydrogens (tertiary/aromatic N) is 5. The molecule has 1 aromatic carbocycles. The number of nitrogens with one attached hydrogen (secondary N) is 2. The van der Waals surface area contributed by atoms with E-state index in [0.717, 1.165) is 22.3 Å². The summed E-state index contributed by atoms with van der Waals surface area (Å²) >= 11 is 6.66. The lowest BCUT2D eigenvalue weighted by molar-refractivity contribution is 0.0302. The largest absolute Gasteiger partial charge is 0.496 e. The van der Waals surface area contributed by atoms with Gasteiger partial charge in [-0.05, 0) is 36.6 Å². The topological polar surface area (TPSA) is 118 Å². The molecule has 10 nitrogen and oxygen atoms in total. The molecule has 36 heavy (non-hydrogen) atoms. The number of fused-ring (bicyclic) bond motifs is 1. The molecule has 5 rings (SSSR count). The van der Waals surface area contributed by atoms with Gasteiger partial charge in [0, 0.05) is 48.2 Å². The molecule has 4 aromatic rings. The van der Waals surface area contributed by atoms with Crippen LogP contribution in [0.2, 0.25) is 5.02 Å². The molecular formula is C25H26ClN7O3. The first-order chi connectivity index (χ1) is 17.6. The first-order valence-electron chi connectivity index (χ1n) is 11.6. The molecule has 2 N–H and O–H groups in total. The lowest BCUT2D eigenvalue weighted by atomic mass is 9.95. The van der Waals surface area contributed by atoms with Gasteiger partial charge in [0.25, 0.3) is 5.91 Å². The highest BCUT2D eigenvalue weighted by Gasteiger charge is 2.22. The van der Waals surface area contributed by atoms with Crippen molar-refractivity contribution in [2.45, 2.75) is 13.3 Å². The third-order valence-electron chi connectivity index (χ3n) is 6.23. The average Bonchev–Trinajstić information content (AvgIpc) is 3.40. The lowest BCUT2D eigenvalue weighted by Gasteiger charge is -2.27. The first kappa shape index (κ1) is 24.0. The summed E-state index contributed by atoms with van der Waals surface area (Å²) in [6.45, 7) is 4.72. The smallest absolute Gasteiger partial charge is 0.255 e. The fraction of sp³-hybridized carbons (Fsp3) is 0.320. The molecule has 4 heterocycles. The Labute approximate surface area is 213 Å². The average molecular weight is 508 g/mol. The van der Waals surface area contributed by atoms with Crippen molar-refractivity contribution >= 4 is 34.5 Å². The van der Waals surface area contributed by atoms with Crippen LogP contribution in [0, 0.1) is 6.92 Å². The SMILES string of the molecule is COc1c(CCNc2ncnc3[nH]cnc23)cc(Cl)c(C)c1-c1cncc(C(=O)N2CCOCC2)c1. The van der Waals surface area contributed by atoms with Gasteiger partial charge in [0.1, 0.15) is 17.6 Å². The number of aromatic amines is 1. The van der Waals surface area contributed by atoms with E-state index in [1.165, 1.54) is 6.33 Å². The van der Waals surface area contributed by atoms with Crippen molar-refractivity contribution in [3.8, 4) is 16.9 Å². The maximum Gasteiger partial charge on any atom is 0.255 e. The van der Waals surface area contributed by atoms with Gasteiger partial charge in [-0.3, -0.25) is 9.78 Å². The summed E-state index contributed by atoms with van der Waals surface area (Å²) in [5.74, 6) is 1.28. The molecule has 1 saturated heterocycles. The summed E-state index contributed by atoms with van der Waals surface area (Å²) in [6, 6.07) is 3.77. The van der Waals surface area contributed by atoms with E-state index < -0.39 is 0 Å². The molecule has 1 aliphatic rings. The van der Waals surface area contributed by atoms with Gasteiger partial charge in [-0.2, -0.15) is 0 Å². The number of hydrogen-bond acceptors (Lipinski definition) is 8. The van der Waals surface area contributed by atoms with E-state index in [2.05, 4.69) is 30.2 Å². The van der Waals surface area contributed by atoms with Gasteiger partial charge in [0.2, 0.25) is 0 Å². The number of rotatable bonds is 7. The molecule has 0 spiro atoms. The van der Waals surface area contributed by atoms with Crippen LogP contribution >= 0.6 is 11.6 Å². The van der Waals surface area contributed by atoms with E-state index in [-0.39, 0.29) is 5.91 Å². The van der Waals surface area contributed by atoms with Gasteiger partial charge in [0.15, 0.2) is 11.5 Å². The molecule has 186 valence electrons.